The number of hydrogen-bond acceptors (Lipinski definition) is 9. The standard InChI is InChI=1S/C19H18N6O7/c1-31-13-6-3-9(7-14(13)32-2)17(26)15(23-24-19(20)28)16-18(27)22-12-8-10(25(29)30)4-5-11(12)21-16/h3-8,17,26H,1-2H3,(H,22,27)(H3,20,24,28)/b23-15+/t17-/m0/s1. The molecule has 0 unspecified atom stereocenters. The number of nitro benzene ring substituents is 1. The Balaban J connectivity index is 2.14. The normalized spacial score (nSPS) is 12.3. The molecule has 0 fully saturated rings. The maximum absolute atomic E-state index is 12.7. The van der Waals surface area contributed by atoms with E-state index in [2.05, 4.69) is 15.1 Å². The fourth-order valence-corrected chi connectivity index (χ4v) is 2.90. The average molecular weight is 442 g/mol. The van der Waals surface area contributed by atoms with Crippen LogP contribution in [-0.2, 0) is 0 Å². The van der Waals surface area contributed by atoms with Crippen LogP contribution in [0.15, 0.2) is 46.3 Å². The molecule has 2 aromatic carbocycles. The van der Waals surface area contributed by atoms with Gasteiger partial charge in [-0.2, -0.15) is 5.10 Å². The number of methoxy groups -OCH3 is 2. The van der Waals surface area contributed by atoms with E-state index in [0.717, 1.165) is 6.07 Å². The quantitative estimate of drug-likeness (QED) is 0.236. The molecule has 166 valence electrons. The summed E-state index contributed by atoms with van der Waals surface area (Å²) in [4.78, 5) is 40.9. The molecule has 5 N–H and O–H groups in total. The number of aromatic amines is 1. The highest BCUT2D eigenvalue weighted by Gasteiger charge is 2.24. The Morgan fingerprint density at radius 1 is 1.25 bits per heavy atom. The summed E-state index contributed by atoms with van der Waals surface area (Å²) in [5.41, 5.74) is 5.89. The largest absolute Gasteiger partial charge is 0.493 e. The molecule has 0 saturated carbocycles. The van der Waals surface area contributed by atoms with Crippen LogP contribution in [0, 0.1) is 10.1 Å². The average Bonchev–Trinajstić information content (AvgIpc) is 2.78. The van der Waals surface area contributed by atoms with Gasteiger partial charge in [-0.1, -0.05) is 6.07 Å². The lowest BCUT2D eigenvalue weighted by atomic mass is 10.0. The molecule has 0 radical (unpaired) electrons. The van der Waals surface area contributed by atoms with Crippen molar-refractivity contribution in [1.82, 2.24) is 15.4 Å². The van der Waals surface area contributed by atoms with Crippen molar-refractivity contribution in [3.05, 3.63) is 68.1 Å². The number of benzene rings is 2. The number of amides is 2. The Hall–Kier alpha value is -4.52. The van der Waals surface area contributed by atoms with E-state index in [9.17, 15) is 24.8 Å². The van der Waals surface area contributed by atoms with Gasteiger partial charge in [-0.25, -0.2) is 15.2 Å². The molecular formula is C19H18N6O7. The predicted molar refractivity (Wildman–Crippen MR) is 113 cm³/mol. The molecule has 1 aromatic heterocycles. The number of ether oxygens (including phenoxy) is 2. The minimum atomic E-state index is -1.54. The maximum atomic E-state index is 12.7. The summed E-state index contributed by atoms with van der Waals surface area (Å²) in [5, 5.41) is 25.7. The third-order valence-corrected chi connectivity index (χ3v) is 4.40. The summed E-state index contributed by atoms with van der Waals surface area (Å²) in [7, 11) is 2.85. The zero-order chi connectivity index (χ0) is 23.4. The zero-order valence-corrected chi connectivity index (χ0v) is 16.9. The van der Waals surface area contributed by atoms with E-state index < -0.39 is 22.6 Å². The number of fused-ring (bicyclic) bond motifs is 1. The second kappa shape index (κ2) is 9.09. The van der Waals surface area contributed by atoms with Crippen LogP contribution in [0.5, 0.6) is 11.5 Å². The number of aliphatic hydroxyl groups is 1. The number of primary amides is 1. The van der Waals surface area contributed by atoms with Crippen LogP contribution >= 0.6 is 0 Å². The summed E-state index contributed by atoms with van der Waals surface area (Å²) in [6, 6.07) is 7.15. The highest BCUT2D eigenvalue weighted by Crippen LogP contribution is 2.31. The van der Waals surface area contributed by atoms with Crippen molar-refractivity contribution in [3.8, 4) is 11.5 Å². The van der Waals surface area contributed by atoms with Crippen LogP contribution in [0.2, 0.25) is 0 Å². The van der Waals surface area contributed by atoms with Crippen LogP contribution in [-0.4, -0.2) is 46.0 Å². The number of aromatic nitrogens is 2. The Labute approximate surface area is 179 Å². The van der Waals surface area contributed by atoms with Gasteiger partial charge in [0.2, 0.25) is 0 Å². The van der Waals surface area contributed by atoms with Crippen LogP contribution in [0.1, 0.15) is 17.4 Å². The number of non-ortho nitro benzene ring substituents is 1. The van der Waals surface area contributed by atoms with Crippen molar-refractivity contribution in [2.75, 3.05) is 14.2 Å². The highest BCUT2D eigenvalue weighted by molar-refractivity contribution is 6.03. The number of carbonyl (C=O) groups excluding carboxylic acids is 1. The lowest BCUT2D eigenvalue weighted by Gasteiger charge is -2.16. The number of hydrogen-bond donors (Lipinski definition) is 4. The summed E-state index contributed by atoms with van der Waals surface area (Å²) in [5.74, 6) is 0.708. The van der Waals surface area contributed by atoms with Crippen LogP contribution in [0.4, 0.5) is 10.5 Å². The number of nitro groups is 1. The van der Waals surface area contributed by atoms with E-state index in [4.69, 9.17) is 15.2 Å². The monoisotopic (exact) mass is 442 g/mol. The van der Waals surface area contributed by atoms with Crippen molar-refractivity contribution in [2.45, 2.75) is 6.10 Å². The van der Waals surface area contributed by atoms with Crippen LogP contribution in [0.3, 0.4) is 0 Å². The van der Waals surface area contributed by atoms with Gasteiger partial charge in [-0.3, -0.25) is 14.9 Å². The van der Waals surface area contributed by atoms with Gasteiger partial charge in [-0.05, 0) is 23.8 Å². The van der Waals surface area contributed by atoms with E-state index >= 15 is 0 Å². The number of hydrazone groups is 1. The Kier molecular flexibility index (Phi) is 6.30. The van der Waals surface area contributed by atoms with Crippen molar-refractivity contribution >= 4 is 28.5 Å². The SMILES string of the molecule is COc1ccc([C@H](O)/C(=N/NC(N)=O)c2nc3ccc([N+](=O)[O-])cc3[nH]c2=O)cc1OC. The lowest BCUT2D eigenvalue weighted by molar-refractivity contribution is -0.384. The van der Waals surface area contributed by atoms with E-state index in [-0.39, 0.29) is 33.7 Å². The summed E-state index contributed by atoms with van der Waals surface area (Å²) in [6.07, 6.45) is -1.54. The maximum Gasteiger partial charge on any atom is 0.332 e. The molecule has 13 nitrogen and oxygen atoms in total. The third-order valence-electron chi connectivity index (χ3n) is 4.40. The first-order valence-corrected chi connectivity index (χ1v) is 8.97. The Morgan fingerprint density at radius 2 is 1.97 bits per heavy atom. The molecule has 0 aliphatic carbocycles. The van der Waals surface area contributed by atoms with E-state index in [1.54, 1.807) is 0 Å². The predicted octanol–water partition coefficient (Wildman–Crippen LogP) is 0.954. The molecule has 0 aliphatic rings. The summed E-state index contributed by atoms with van der Waals surface area (Å²) in [6.45, 7) is 0. The van der Waals surface area contributed by atoms with Gasteiger partial charge >= 0.3 is 6.03 Å². The topological polar surface area (TPSA) is 195 Å². The third kappa shape index (κ3) is 4.46. The molecule has 3 rings (SSSR count). The van der Waals surface area contributed by atoms with E-state index in [0.29, 0.717) is 11.5 Å². The number of aliphatic hydroxyl groups excluding tert-OH is 1. The molecule has 3 aromatic rings. The zero-order valence-electron chi connectivity index (χ0n) is 16.9. The Bertz CT molecular complexity index is 1290. The first kappa shape index (κ1) is 22.2. The molecule has 2 amide bonds. The number of urea groups is 1. The second-order valence-corrected chi connectivity index (χ2v) is 6.36. The number of nitrogens with zero attached hydrogens (tertiary/aromatic N) is 3. The summed E-state index contributed by atoms with van der Waals surface area (Å²) >= 11 is 0. The van der Waals surface area contributed by atoms with Gasteiger partial charge in [0.15, 0.2) is 17.2 Å². The molecule has 32 heavy (non-hydrogen) atoms. The van der Waals surface area contributed by atoms with Crippen LogP contribution in [0.25, 0.3) is 11.0 Å². The van der Waals surface area contributed by atoms with E-state index in [1.807, 2.05) is 5.43 Å². The Morgan fingerprint density at radius 3 is 2.59 bits per heavy atom. The van der Waals surface area contributed by atoms with Crippen LogP contribution < -0.4 is 26.2 Å². The molecular weight excluding hydrogens is 424 g/mol. The van der Waals surface area contributed by atoms with Gasteiger partial charge in [0.25, 0.3) is 11.2 Å². The summed E-state index contributed by atoms with van der Waals surface area (Å²) < 4.78 is 10.4. The highest BCUT2D eigenvalue weighted by atomic mass is 16.6. The van der Waals surface area contributed by atoms with Gasteiger partial charge in [0.05, 0.1) is 30.2 Å². The first-order chi connectivity index (χ1) is 15.2. The molecule has 1 atom stereocenters. The van der Waals surface area contributed by atoms with Crippen molar-refractivity contribution in [3.63, 3.8) is 0 Å². The number of carbonyl (C=O) groups is 1. The molecule has 0 aliphatic heterocycles. The van der Waals surface area contributed by atoms with Gasteiger partial charge in [0.1, 0.15) is 11.8 Å². The van der Waals surface area contributed by atoms with E-state index in [1.165, 1.54) is 44.6 Å². The molecule has 0 bridgehead atoms. The lowest BCUT2D eigenvalue weighted by Crippen LogP contribution is -2.31. The van der Waals surface area contributed by atoms with Gasteiger partial charge in [-0.15, -0.1) is 0 Å². The molecule has 0 saturated heterocycles. The van der Waals surface area contributed by atoms with Gasteiger partial charge in [0, 0.05) is 12.1 Å². The van der Waals surface area contributed by atoms with Gasteiger partial charge < -0.3 is 25.3 Å². The smallest absolute Gasteiger partial charge is 0.332 e. The number of nitrogens with two attached hydrogens (primary N) is 1. The number of H-pyrrole nitrogens is 1. The van der Waals surface area contributed by atoms with Crippen molar-refractivity contribution in [2.24, 2.45) is 10.8 Å². The fourth-order valence-electron chi connectivity index (χ4n) is 2.90. The fraction of sp³-hybridized carbons (Fsp3) is 0.158. The van der Waals surface area contributed by atoms with Crippen molar-refractivity contribution < 1.29 is 24.3 Å². The minimum absolute atomic E-state index is 0.107. The molecule has 1 heterocycles. The number of rotatable bonds is 7. The first-order valence-electron chi connectivity index (χ1n) is 8.97. The van der Waals surface area contributed by atoms with Crippen molar-refractivity contribution in [1.29, 1.82) is 0 Å². The number of nitrogens with one attached hydrogen (secondary N) is 2. The molecule has 0 spiro atoms. The second-order valence-electron chi connectivity index (χ2n) is 6.36. The molecule has 13 heteroatoms. The minimum Gasteiger partial charge on any atom is -0.493 e.